The highest BCUT2D eigenvalue weighted by Gasteiger charge is 2.17. The maximum absolute atomic E-state index is 12.1. The van der Waals surface area contributed by atoms with Gasteiger partial charge in [0, 0.05) is 6.54 Å². The van der Waals surface area contributed by atoms with E-state index in [4.69, 9.17) is 10.8 Å². The van der Waals surface area contributed by atoms with Crippen LogP contribution in [-0.2, 0) is 0 Å². The molecule has 0 saturated carbocycles. The van der Waals surface area contributed by atoms with E-state index in [2.05, 4.69) is 15.3 Å². The Morgan fingerprint density at radius 1 is 1.22 bits per heavy atom. The third-order valence-corrected chi connectivity index (χ3v) is 2.37. The van der Waals surface area contributed by atoms with Crippen LogP contribution in [0.1, 0.15) is 0 Å². The van der Waals surface area contributed by atoms with Crippen molar-refractivity contribution in [1.82, 2.24) is 9.97 Å². The number of rotatable bonds is 4. The van der Waals surface area contributed by atoms with Gasteiger partial charge in [-0.1, -0.05) is 12.1 Å². The first-order valence-electron chi connectivity index (χ1n) is 5.30. The van der Waals surface area contributed by atoms with Crippen LogP contribution in [-0.4, -0.2) is 34.1 Å². The summed E-state index contributed by atoms with van der Waals surface area (Å²) in [5, 5.41) is 11.5. The molecule has 2 rings (SSSR count). The van der Waals surface area contributed by atoms with Gasteiger partial charge >= 0.3 is 0 Å². The van der Waals surface area contributed by atoms with E-state index in [9.17, 15) is 8.78 Å². The Kier molecular flexibility index (Phi) is 3.52. The molecule has 1 unspecified atom stereocenters. The number of nitrogens with one attached hydrogen (secondary N) is 1. The van der Waals surface area contributed by atoms with Crippen molar-refractivity contribution >= 4 is 22.7 Å². The molecule has 96 valence electrons. The number of aromatic nitrogens is 2. The molecule has 4 N–H and O–H groups in total. The Morgan fingerprint density at radius 2 is 1.83 bits per heavy atom. The molecule has 1 atom stereocenters. The Hall–Kier alpha value is -2.02. The first-order chi connectivity index (χ1) is 8.58. The molecule has 0 aliphatic heterocycles. The number of anilines is 2. The van der Waals surface area contributed by atoms with Crippen molar-refractivity contribution in [2.75, 3.05) is 17.6 Å². The summed E-state index contributed by atoms with van der Waals surface area (Å²) in [6, 6.07) is 7.06. The largest absolute Gasteiger partial charge is 0.385 e. The topological polar surface area (TPSA) is 84.1 Å². The minimum absolute atomic E-state index is 0.107. The zero-order valence-electron chi connectivity index (χ0n) is 9.35. The number of alkyl halides is 2. The highest BCUT2D eigenvalue weighted by atomic mass is 19.3. The van der Waals surface area contributed by atoms with E-state index >= 15 is 0 Å². The molecule has 1 aromatic heterocycles. The fourth-order valence-electron chi connectivity index (χ4n) is 1.43. The molecule has 18 heavy (non-hydrogen) atoms. The number of nitrogen functional groups attached to an aromatic ring is 1. The van der Waals surface area contributed by atoms with Gasteiger partial charge in [-0.3, -0.25) is 0 Å². The third kappa shape index (κ3) is 2.62. The molecule has 0 spiro atoms. The van der Waals surface area contributed by atoms with E-state index < -0.39 is 12.5 Å². The van der Waals surface area contributed by atoms with Crippen molar-refractivity contribution < 1.29 is 13.9 Å². The Balaban J connectivity index is 2.20. The van der Waals surface area contributed by atoms with Crippen LogP contribution in [0.4, 0.5) is 20.4 Å². The molecule has 1 aromatic carbocycles. The van der Waals surface area contributed by atoms with Gasteiger partial charge < -0.3 is 16.2 Å². The second-order valence-corrected chi connectivity index (χ2v) is 3.73. The van der Waals surface area contributed by atoms with Crippen LogP contribution in [0.3, 0.4) is 0 Å². The van der Waals surface area contributed by atoms with Gasteiger partial charge in [0.15, 0.2) is 11.6 Å². The monoisotopic (exact) mass is 254 g/mol. The van der Waals surface area contributed by atoms with E-state index in [1.165, 1.54) is 0 Å². The number of aliphatic hydroxyl groups excluding tert-OH is 1. The Bertz CT molecular complexity index is 550. The molecule has 0 aliphatic carbocycles. The summed E-state index contributed by atoms with van der Waals surface area (Å²) in [6.45, 7) is -0.338. The van der Waals surface area contributed by atoms with E-state index in [-0.39, 0.29) is 18.2 Å². The van der Waals surface area contributed by atoms with E-state index in [0.29, 0.717) is 11.0 Å². The van der Waals surface area contributed by atoms with Crippen molar-refractivity contribution in [2.45, 2.75) is 12.5 Å². The summed E-state index contributed by atoms with van der Waals surface area (Å²) < 4.78 is 24.3. The predicted molar refractivity (Wildman–Crippen MR) is 64.5 cm³/mol. The number of hydrogen-bond donors (Lipinski definition) is 3. The summed E-state index contributed by atoms with van der Waals surface area (Å²) in [7, 11) is 0. The van der Waals surface area contributed by atoms with Gasteiger partial charge in [-0.15, -0.1) is 0 Å². The quantitative estimate of drug-likeness (QED) is 0.764. The van der Waals surface area contributed by atoms with E-state index in [1.807, 2.05) is 0 Å². The molecule has 0 fully saturated rings. The van der Waals surface area contributed by atoms with Crippen LogP contribution in [0.2, 0.25) is 0 Å². The van der Waals surface area contributed by atoms with Crippen molar-refractivity contribution in [3.63, 3.8) is 0 Å². The molecule has 7 heteroatoms. The van der Waals surface area contributed by atoms with Crippen LogP contribution >= 0.6 is 0 Å². The highest BCUT2D eigenvalue weighted by molar-refractivity contribution is 5.79. The third-order valence-electron chi connectivity index (χ3n) is 2.37. The summed E-state index contributed by atoms with van der Waals surface area (Å²) in [5.74, 6) is 0.295. The van der Waals surface area contributed by atoms with Gasteiger partial charge in [-0.05, 0) is 12.1 Å². The second kappa shape index (κ2) is 5.09. The van der Waals surface area contributed by atoms with Gasteiger partial charge in [0.05, 0.1) is 11.0 Å². The van der Waals surface area contributed by atoms with Crippen molar-refractivity contribution in [3.8, 4) is 0 Å². The first-order valence-corrected chi connectivity index (χ1v) is 5.30. The van der Waals surface area contributed by atoms with Crippen LogP contribution in [0, 0.1) is 0 Å². The molecular formula is C11H12F2N4O. The number of benzene rings is 1. The van der Waals surface area contributed by atoms with Gasteiger partial charge in [-0.25, -0.2) is 18.7 Å². The number of nitrogens with two attached hydrogens (primary N) is 1. The molecule has 1 heterocycles. The van der Waals surface area contributed by atoms with Crippen LogP contribution in [0.5, 0.6) is 0 Å². The average Bonchev–Trinajstić information content (AvgIpc) is 2.35. The van der Waals surface area contributed by atoms with E-state index in [1.54, 1.807) is 24.3 Å². The number of hydrogen-bond acceptors (Lipinski definition) is 5. The smallest absolute Gasteiger partial charge is 0.265 e. The normalized spacial score (nSPS) is 12.9. The average molecular weight is 254 g/mol. The lowest BCUT2D eigenvalue weighted by atomic mass is 10.3. The van der Waals surface area contributed by atoms with Crippen molar-refractivity contribution in [1.29, 1.82) is 0 Å². The minimum Gasteiger partial charge on any atom is -0.385 e. The lowest BCUT2D eigenvalue weighted by molar-refractivity contribution is 0.00381. The molecule has 0 radical (unpaired) electrons. The van der Waals surface area contributed by atoms with E-state index in [0.717, 1.165) is 0 Å². The molecule has 5 nitrogen and oxygen atoms in total. The second-order valence-electron chi connectivity index (χ2n) is 3.73. The van der Waals surface area contributed by atoms with Gasteiger partial charge in [0.2, 0.25) is 0 Å². The lowest BCUT2D eigenvalue weighted by Gasteiger charge is -2.12. The number of fused-ring (bicyclic) bond motifs is 1. The standard InChI is InChI=1S/C11H12F2N4O/c12-9(13)8(18)5-15-11-10(14)16-6-3-1-2-4-7(6)17-11/h1-4,8-9,18H,5H2,(H2,14,16)(H,15,17). The minimum atomic E-state index is -2.81. The summed E-state index contributed by atoms with van der Waals surface area (Å²) in [5.41, 5.74) is 6.86. The first kappa shape index (κ1) is 12.4. The van der Waals surface area contributed by atoms with Crippen molar-refractivity contribution in [2.24, 2.45) is 0 Å². The molecule has 0 saturated heterocycles. The SMILES string of the molecule is Nc1nc2ccccc2nc1NCC(O)C(F)F. The maximum atomic E-state index is 12.1. The van der Waals surface area contributed by atoms with Crippen LogP contribution in [0.15, 0.2) is 24.3 Å². The lowest BCUT2D eigenvalue weighted by Crippen LogP contribution is -2.27. The maximum Gasteiger partial charge on any atom is 0.265 e. The van der Waals surface area contributed by atoms with Gasteiger partial charge in [-0.2, -0.15) is 0 Å². The molecule has 0 aliphatic rings. The molecule has 0 bridgehead atoms. The number of aliphatic hydroxyl groups is 1. The van der Waals surface area contributed by atoms with Crippen molar-refractivity contribution in [3.05, 3.63) is 24.3 Å². The number of halogens is 2. The van der Waals surface area contributed by atoms with Gasteiger partial charge in [0.25, 0.3) is 6.43 Å². The Morgan fingerprint density at radius 3 is 2.44 bits per heavy atom. The Labute approximate surface area is 102 Å². The number of nitrogens with zero attached hydrogens (tertiary/aromatic N) is 2. The fourth-order valence-corrected chi connectivity index (χ4v) is 1.43. The number of para-hydroxylation sites is 2. The molecular weight excluding hydrogens is 242 g/mol. The summed E-state index contributed by atoms with van der Waals surface area (Å²) in [6.07, 6.45) is -4.58. The summed E-state index contributed by atoms with van der Waals surface area (Å²) >= 11 is 0. The van der Waals surface area contributed by atoms with Crippen LogP contribution < -0.4 is 11.1 Å². The van der Waals surface area contributed by atoms with Gasteiger partial charge in [0.1, 0.15) is 6.10 Å². The molecule has 2 aromatic rings. The summed E-state index contributed by atoms with van der Waals surface area (Å²) in [4.78, 5) is 8.23. The fraction of sp³-hybridized carbons (Fsp3) is 0.273. The zero-order chi connectivity index (χ0) is 13.1. The zero-order valence-corrected chi connectivity index (χ0v) is 9.35. The predicted octanol–water partition coefficient (Wildman–Crippen LogP) is 1.25. The molecule has 0 amide bonds. The van der Waals surface area contributed by atoms with Crippen LogP contribution in [0.25, 0.3) is 11.0 Å². The highest BCUT2D eigenvalue weighted by Crippen LogP contribution is 2.18.